The van der Waals surface area contributed by atoms with Gasteiger partial charge in [0.15, 0.2) is 0 Å². The molecule has 0 saturated carbocycles. The van der Waals surface area contributed by atoms with Crippen molar-refractivity contribution < 1.29 is 14.1 Å². The standard InChI is InChI=1S/C12H16FN3O3/c1-8-6-9(16(18)19)7-10(11(8)13)12(17)14-4-5-15(2)3/h6-7H,4-5H2,1-3H3,(H,14,17). The van der Waals surface area contributed by atoms with Crippen LogP contribution < -0.4 is 5.32 Å². The first-order valence-electron chi connectivity index (χ1n) is 5.70. The zero-order chi connectivity index (χ0) is 14.6. The van der Waals surface area contributed by atoms with Crippen molar-refractivity contribution in [1.82, 2.24) is 10.2 Å². The molecule has 0 unspecified atom stereocenters. The van der Waals surface area contributed by atoms with Gasteiger partial charge in [0.05, 0.1) is 10.5 Å². The second-order valence-electron chi connectivity index (χ2n) is 4.44. The maximum atomic E-state index is 13.8. The van der Waals surface area contributed by atoms with Crippen molar-refractivity contribution in [3.8, 4) is 0 Å². The molecule has 0 bridgehead atoms. The van der Waals surface area contributed by atoms with Gasteiger partial charge in [-0.2, -0.15) is 0 Å². The minimum Gasteiger partial charge on any atom is -0.351 e. The molecule has 0 aromatic heterocycles. The third-order valence-corrected chi connectivity index (χ3v) is 2.54. The zero-order valence-electron chi connectivity index (χ0n) is 11.1. The number of amides is 1. The quantitative estimate of drug-likeness (QED) is 0.646. The molecule has 1 rings (SSSR count). The minimum absolute atomic E-state index is 0.0759. The number of aryl methyl sites for hydroxylation is 1. The lowest BCUT2D eigenvalue weighted by Gasteiger charge is -2.11. The Morgan fingerprint density at radius 2 is 2.11 bits per heavy atom. The first-order chi connectivity index (χ1) is 8.82. The van der Waals surface area contributed by atoms with E-state index < -0.39 is 16.6 Å². The number of hydrogen-bond donors (Lipinski definition) is 1. The Labute approximate surface area is 110 Å². The molecule has 19 heavy (non-hydrogen) atoms. The number of benzene rings is 1. The molecule has 7 heteroatoms. The summed E-state index contributed by atoms with van der Waals surface area (Å²) >= 11 is 0. The van der Waals surface area contributed by atoms with Gasteiger partial charge in [0.1, 0.15) is 5.82 Å². The van der Waals surface area contributed by atoms with E-state index in [4.69, 9.17) is 0 Å². The van der Waals surface area contributed by atoms with Gasteiger partial charge in [0.2, 0.25) is 0 Å². The Morgan fingerprint density at radius 1 is 1.47 bits per heavy atom. The minimum atomic E-state index is -0.729. The van der Waals surface area contributed by atoms with Gasteiger partial charge in [-0.15, -0.1) is 0 Å². The van der Waals surface area contributed by atoms with E-state index >= 15 is 0 Å². The van der Waals surface area contributed by atoms with Gasteiger partial charge >= 0.3 is 0 Å². The highest BCUT2D eigenvalue weighted by Gasteiger charge is 2.19. The molecule has 6 nitrogen and oxygen atoms in total. The summed E-state index contributed by atoms with van der Waals surface area (Å²) in [6, 6.07) is 2.05. The second-order valence-corrected chi connectivity index (χ2v) is 4.44. The number of nitrogens with zero attached hydrogens (tertiary/aromatic N) is 2. The molecule has 104 valence electrons. The lowest BCUT2D eigenvalue weighted by atomic mass is 10.1. The van der Waals surface area contributed by atoms with E-state index in [0.29, 0.717) is 13.1 Å². The number of halogens is 1. The molecular weight excluding hydrogens is 253 g/mol. The number of carbonyl (C=O) groups is 1. The SMILES string of the molecule is Cc1cc([N+](=O)[O-])cc(C(=O)NCCN(C)C)c1F. The van der Waals surface area contributed by atoms with Crippen LogP contribution in [0.1, 0.15) is 15.9 Å². The van der Waals surface area contributed by atoms with Crippen LogP contribution in [-0.4, -0.2) is 42.9 Å². The smallest absolute Gasteiger partial charge is 0.270 e. The lowest BCUT2D eigenvalue weighted by molar-refractivity contribution is -0.385. The van der Waals surface area contributed by atoms with E-state index in [-0.39, 0.29) is 16.8 Å². The maximum absolute atomic E-state index is 13.8. The molecule has 0 aliphatic carbocycles. The molecule has 0 heterocycles. The van der Waals surface area contributed by atoms with E-state index in [1.165, 1.54) is 6.92 Å². The van der Waals surface area contributed by atoms with Crippen molar-refractivity contribution in [3.05, 3.63) is 39.2 Å². The van der Waals surface area contributed by atoms with Crippen molar-refractivity contribution in [2.24, 2.45) is 0 Å². The van der Waals surface area contributed by atoms with E-state index in [2.05, 4.69) is 5.32 Å². The van der Waals surface area contributed by atoms with Crippen LogP contribution in [0.5, 0.6) is 0 Å². The first-order valence-corrected chi connectivity index (χ1v) is 5.70. The van der Waals surface area contributed by atoms with Crippen molar-refractivity contribution >= 4 is 11.6 Å². The van der Waals surface area contributed by atoms with Crippen LogP contribution in [-0.2, 0) is 0 Å². The molecule has 1 aromatic rings. The fourth-order valence-corrected chi connectivity index (χ4v) is 1.51. The Kier molecular flexibility index (Phi) is 4.94. The number of hydrogen-bond acceptors (Lipinski definition) is 4. The van der Waals surface area contributed by atoms with Gasteiger partial charge in [-0.25, -0.2) is 4.39 Å². The predicted molar refractivity (Wildman–Crippen MR) is 68.7 cm³/mol. The van der Waals surface area contributed by atoms with Crippen molar-refractivity contribution in [3.63, 3.8) is 0 Å². The first kappa shape index (κ1) is 15.0. The van der Waals surface area contributed by atoms with Gasteiger partial charge in [-0.05, 0) is 26.6 Å². The summed E-state index contributed by atoms with van der Waals surface area (Å²) in [5.74, 6) is -1.38. The number of nitro benzene ring substituents is 1. The van der Waals surface area contributed by atoms with E-state index in [1.54, 1.807) is 0 Å². The molecule has 0 aliphatic heterocycles. The highest BCUT2D eigenvalue weighted by atomic mass is 19.1. The summed E-state index contributed by atoms with van der Waals surface area (Å²) in [5.41, 5.74) is -0.519. The summed E-state index contributed by atoms with van der Waals surface area (Å²) in [6.45, 7) is 2.33. The summed E-state index contributed by atoms with van der Waals surface area (Å²) in [6.07, 6.45) is 0. The van der Waals surface area contributed by atoms with Crippen molar-refractivity contribution in [2.45, 2.75) is 6.92 Å². The third-order valence-electron chi connectivity index (χ3n) is 2.54. The largest absolute Gasteiger partial charge is 0.351 e. The van der Waals surface area contributed by atoms with Gasteiger partial charge < -0.3 is 10.2 Å². The van der Waals surface area contributed by atoms with Gasteiger partial charge in [-0.3, -0.25) is 14.9 Å². The fraction of sp³-hybridized carbons (Fsp3) is 0.417. The van der Waals surface area contributed by atoms with Crippen LogP contribution in [0.15, 0.2) is 12.1 Å². The highest BCUT2D eigenvalue weighted by Crippen LogP contribution is 2.20. The normalized spacial score (nSPS) is 10.6. The topological polar surface area (TPSA) is 75.5 Å². The molecule has 1 aromatic carbocycles. The van der Waals surface area contributed by atoms with Gasteiger partial charge in [-0.1, -0.05) is 0 Å². The van der Waals surface area contributed by atoms with Crippen LogP contribution in [0.25, 0.3) is 0 Å². The number of nitrogens with one attached hydrogen (secondary N) is 1. The molecule has 0 fully saturated rings. The molecule has 0 radical (unpaired) electrons. The number of rotatable bonds is 5. The predicted octanol–water partition coefficient (Wildman–Crippen LogP) is 1.33. The summed E-state index contributed by atoms with van der Waals surface area (Å²) in [7, 11) is 3.68. The van der Waals surface area contributed by atoms with Gasteiger partial charge in [0, 0.05) is 25.2 Å². The Morgan fingerprint density at radius 3 is 2.63 bits per heavy atom. The summed E-state index contributed by atoms with van der Waals surface area (Å²) in [4.78, 5) is 23.7. The summed E-state index contributed by atoms with van der Waals surface area (Å²) < 4.78 is 13.8. The monoisotopic (exact) mass is 269 g/mol. The van der Waals surface area contributed by atoms with E-state index in [0.717, 1.165) is 12.1 Å². The number of non-ortho nitro benzene ring substituents is 1. The number of nitro groups is 1. The molecule has 0 aliphatic rings. The van der Waals surface area contributed by atoms with Crippen molar-refractivity contribution in [2.75, 3.05) is 27.2 Å². The average Bonchev–Trinajstić information content (AvgIpc) is 2.31. The van der Waals surface area contributed by atoms with Gasteiger partial charge in [0.25, 0.3) is 11.6 Å². The van der Waals surface area contributed by atoms with Crippen LogP contribution >= 0.6 is 0 Å². The zero-order valence-corrected chi connectivity index (χ0v) is 11.1. The fourth-order valence-electron chi connectivity index (χ4n) is 1.51. The average molecular weight is 269 g/mol. The molecule has 0 saturated heterocycles. The Hall–Kier alpha value is -2.02. The maximum Gasteiger partial charge on any atom is 0.270 e. The lowest BCUT2D eigenvalue weighted by Crippen LogP contribution is -2.32. The van der Waals surface area contributed by atoms with E-state index in [1.807, 2.05) is 19.0 Å². The number of carbonyl (C=O) groups excluding carboxylic acids is 1. The van der Waals surface area contributed by atoms with Crippen LogP contribution in [0.2, 0.25) is 0 Å². The molecule has 1 N–H and O–H groups in total. The Balaban J connectivity index is 2.92. The molecule has 0 spiro atoms. The second kappa shape index (κ2) is 6.24. The van der Waals surface area contributed by atoms with Crippen molar-refractivity contribution in [1.29, 1.82) is 0 Å². The molecule has 0 atom stereocenters. The highest BCUT2D eigenvalue weighted by molar-refractivity contribution is 5.95. The van der Waals surface area contributed by atoms with Crippen LogP contribution in [0, 0.1) is 22.9 Å². The van der Waals surface area contributed by atoms with E-state index in [9.17, 15) is 19.3 Å². The number of likely N-dealkylation sites (N-methyl/N-ethyl adjacent to an activating group) is 1. The molecular formula is C12H16FN3O3. The third kappa shape index (κ3) is 3.99. The van der Waals surface area contributed by atoms with Crippen LogP contribution in [0.4, 0.5) is 10.1 Å². The van der Waals surface area contributed by atoms with Crippen LogP contribution in [0.3, 0.4) is 0 Å². The Bertz CT molecular complexity index is 503. The molecule has 1 amide bonds. The summed E-state index contributed by atoms with van der Waals surface area (Å²) in [5, 5.41) is 13.2.